The van der Waals surface area contributed by atoms with Crippen LogP contribution in [0, 0.1) is 6.92 Å². The van der Waals surface area contributed by atoms with Gasteiger partial charge in [0.2, 0.25) is 0 Å². The molecule has 1 aliphatic heterocycles. The van der Waals surface area contributed by atoms with Gasteiger partial charge in [-0.3, -0.25) is 4.79 Å². The lowest BCUT2D eigenvalue weighted by Gasteiger charge is -2.35. The molecule has 0 radical (unpaired) electrons. The minimum Gasteiger partial charge on any atom is -0.478 e. The number of aromatic carboxylic acids is 1. The third kappa shape index (κ3) is 5.73. The normalized spacial score (nSPS) is 14.6. The van der Waals surface area contributed by atoms with Crippen molar-refractivity contribution < 1.29 is 14.7 Å². The van der Waals surface area contributed by atoms with Crippen LogP contribution < -0.4 is 10.2 Å². The number of nitrogens with zero attached hydrogens (tertiary/aromatic N) is 1. The highest BCUT2D eigenvalue weighted by Crippen LogP contribution is 2.32. The lowest BCUT2D eigenvalue weighted by Crippen LogP contribution is -2.33. The van der Waals surface area contributed by atoms with Gasteiger partial charge in [-0.2, -0.15) is 0 Å². The van der Waals surface area contributed by atoms with E-state index in [1.165, 1.54) is 11.1 Å². The number of carbonyl (C=O) groups is 2. The van der Waals surface area contributed by atoms with E-state index in [-0.39, 0.29) is 11.3 Å². The Balaban J connectivity index is 1.42. The van der Waals surface area contributed by atoms with Gasteiger partial charge >= 0.3 is 5.97 Å². The van der Waals surface area contributed by atoms with E-state index in [2.05, 4.69) is 43.1 Å². The molecule has 5 nitrogen and oxygen atoms in total. The first-order valence-electron chi connectivity index (χ1n) is 12.2. The molecule has 0 bridgehead atoms. The van der Waals surface area contributed by atoms with Gasteiger partial charge < -0.3 is 15.3 Å². The van der Waals surface area contributed by atoms with Gasteiger partial charge in [-0.05, 0) is 90.3 Å². The summed E-state index contributed by atoms with van der Waals surface area (Å²) in [5.41, 5.74) is 6.28. The van der Waals surface area contributed by atoms with Gasteiger partial charge in [-0.25, -0.2) is 4.79 Å². The average Bonchev–Trinajstić information content (AvgIpc) is 2.84. The minimum atomic E-state index is -0.899. The number of nitrogens with one attached hydrogen (secondary N) is 1. The summed E-state index contributed by atoms with van der Waals surface area (Å²) in [4.78, 5) is 26.6. The maximum absolute atomic E-state index is 13.0. The van der Waals surface area contributed by atoms with Crippen LogP contribution in [0.25, 0.3) is 0 Å². The summed E-state index contributed by atoms with van der Waals surface area (Å²) in [6, 6.07) is 21.4. The van der Waals surface area contributed by atoms with Crippen molar-refractivity contribution in [1.82, 2.24) is 0 Å². The number of aryl methyl sites for hydroxylation is 1. The Bertz CT molecular complexity index is 1230. The highest BCUT2D eigenvalue weighted by Gasteiger charge is 2.23. The summed E-state index contributed by atoms with van der Waals surface area (Å²) < 4.78 is 0. The van der Waals surface area contributed by atoms with Crippen LogP contribution in [0.4, 0.5) is 11.4 Å². The van der Waals surface area contributed by atoms with Crippen molar-refractivity contribution in [2.24, 2.45) is 0 Å². The summed E-state index contributed by atoms with van der Waals surface area (Å²) in [6.45, 7) is 10.2. The summed E-state index contributed by atoms with van der Waals surface area (Å²) in [5.74, 6) is -0.601. The van der Waals surface area contributed by atoms with Crippen molar-refractivity contribution in [3.8, 4) is 0 Å². The molecule has 1 heterocycles. The van der Waals surface area contributed by atoms with E-state index in [4.69, 9.17) is 0 Å². The number of anilines is 2. The molecule has 0 atom stereocenters. The first-order valence-corrected chi connectivity index (χ1v) is 12.2. The predicted molar refractivity (Wildman–Crippen MR) is 142 cm³/mol. The maximum Gasteiger partial charge on any atom is 0.335 e. The quantitative estimate of drug-likeness (QED) is 0.439. The van der Waals surface area contributed by atoms with Gasteiger partial charge in [0.15, 0.2) is 0 Å². The monoisotopic (exact) mass is 470 g/mol. The second-order valence-electron chi connectivity index (χ2n) is 10.5. The largest absolute Gasteiger partial charge is 0.478 e. The molecular weight excluding hydrogens is 436 g/mol. The molecule has 4 rings (SSSR count). The van der Waals surface area contributed by atoms with E-state index in [9.17, 15) is 14.7 Å². The Hall–Kier alpha value is -3.60. The summed E-state index contributed by atoms with van der Waals surface area (Å²) in [7, 11) is 0. The van der Waals surface area contributed by atoms with E-state index in [0.717, 1.165) is 42.9 Å². The number of benzene rings is 3. The number of carboxylic acids is 1. The number of hydrogen-bond acceptors (Lipinski definition) is 3. The van der Waals surface area contributed by atoms with Gasteiger partial charge in [0.1, 0.15) is 0 Å². The number of carbonyl (C=O) groups excluding carboxylic acids is 1. The highest BCUT2D eigenvalue weighted by atomic mass is 16.4. The summed E-state index contributed by atoms with van der Waals surface area (Å²) >= 11 is 0. The van der Waals surface area contributed by atoms with E-state index >= 15 is 0 Å². The molecule has 0 spiro atoms. The Morgan fingerprint density at radius 1 is 0.914 bits per heavy atom. The third-order valence-corrected chi connectivity index (χ3v) is 6.89. The molecule has 3 aromatic rings. The number of rotatable bonds is 5. The zero-order valence-corrected chi connectivity index (χ0v) is 21.0. The molecular formula is C30H34N2O3. The Labute approximate surface area is 207 Å². The zero-order chi connectivity index (χ0) is 25.2. The van der Waals surface area contributed by atoms with Crippen molar-refractivity contribution in [3.05, 3.63) is 94.5 Å². The molecule has 1 fully saturated rings. The lowest BCUT2D eigenvalue weighted by atomic mass is 9.87. The molecule has 0 aliphatic carbocycles. The van der Waals surface area contributed by atoms with Crippen LogP contribution >= 0.6 is 0 Å². The van der Waals surface area contributed by atoms with Crippen molar-refractivity contribution >= 4 is 23.3 Å². The second-order valence-corrected chi connectivity index (χ2v) is 10.5. The van der Waals surface area contributed by atoms with Gasteiger partial charge in [0.25, 0.3) is 5.91 Å². The fraction of sp³-hybridized carbons (Fsp3) is 0.333. The van der Waals surface area contributed by atoms with Crippen molar-refractivity contribution in [1.29, 1.82) is 0 Å². The van der Waals surface area contributed by atoms with Gasteiger partial charge in [-0.15, -0.1) is 0 Å². The number of hydrogen-bond donors (Lipinski definition) is 2. The average molecular weight is 471 g/mol. The van der Waals surface area contributed by atoms with Gasteiger partial charge in [0, 0.05) is 30.0 Å². The highest BCUT2D eigenvalue weighted by molar-refractivity contribution is 6.04. The van der Waals surface area contributed by atoms with E-state index in [1.807, 2.05) is 49.4 Å². The van der Waals surface area contributed by atoms with E-state index in [0.29, 0.717) is 17.0 Å². The van der Waals surface area contributed by atoms with Crippen molar-refractivity contribution in [2.45, 2.75) is 51.9 Å². The van der Waals surface area contributed by atoms with Crippen LogP contribution in [0.15, 0.2) is 66.7 Å². The van der Waals surface area contributed by atoms with Crippen LogP contribution in [0.2, 0.25) is 0 Å². The first kappa shape index (κ1) is 24.5. The maximum atomic E-state index is 13.0. The van der Waals surface area contributed by atoms with Crippen molar-refractivity contribution in [2.75, 3.05) is 23.3 Å². The molecule has 1 saturated heterocycles. The standard InChI is InChI=1S/C30H34N2O3/c1-20-17-24(29(34)35)11-12-27(20)32-15-13-21(14-16-32)22-7-5-8-23(18-22)28(33)31-26-10-6-9-25(19-26)30(2,3)4/h5-12,17-19,21H,13-16H2,1-4H3,(H,31,33)(H,34,35). The van der Waals surface area contributed by atoms with Crippen LogP contribution in [0.3, 0.4) is 0 Å². The summed E-state index contributed by atoms with van der Waals surface area (Å²) in [6.07, 6.45) is 1.97. The topological polar surface area (TPSA) is 69.6 Å². The van der Waals surface area contributed by atoms with Gasteiger partial charge in [0.05, 0.1) is 5.56 Å². The molecule has 0 saturated carbocycles. The summed E-state index contributed by atoms with van der Waals surface area (Å²) in [5, 5.41) is 12.3. The molecule has 182 valence electrons. The zero-order valence-electron chi connectivity index (χ0n) is 21.0. The fourth-order valence-electron chi connectivity index (χ4n) is 4.80. The molecule has 2 N–H and O–H groups in total. The van der Waals surface area contributed by atoms with Crippen LogP contribution in [-0.2, 0) is 5.41 Å². The lowest BCUT2D eigenvalue weighted by molar-refractivity contribution is 0.0696. The Kier molecular flexibility index (Phi) is 6.97. The molecule has 1 aliphatic rings. The third-order valence-electron chi connectivity index (χ3n) is 6.89. The first-order chi connectivity index (χ1) is 16.6. The smallest absolute Gasteiger partial charge is 0.335 e. The molecule has 1 amide bonds. The van der Waals surface area contributed by atoms with Crippen LogP contribution in [0.1, 0.15) is 76.9 Å². The Morgan fingerprint density at radius 3 is 2.29 bits per heavy atom. The Morgan fingerprint density at radius 2 is 1.63 bits per heavy atom. The number of carboxylic acid groups (broad SMARTS) is 1. The number of piperidine rings is 1. The van der Waals surface area contributed by atoms with Crippen molar-refractivity contribution in [3.63, 3.8) is 0 Å². The SMILES string of the molecule is Cc1cc(C(=O)O)ccc1N1CCC(c2cccc(C(=O)Nc3cccc(C(C)(C)C)c3)c2)CC1. The molecule has 0 aromatic heterocycles. The van der Waals surface area contributed by atoms with Crippen LogP contribution in [-0.4, -0.2) is 30.1 Å². The number of amides is 1. The molecule has 35 heavy (non-hydrogen) atoms. The predicted octanol–water partition coefficient (Wildman–Crippen LogP) is 6.63. The molecule has 0 unspecified atom stereocenters. The molecule has 3 aromatic carbocycles. The van der Waals surface area contributed by atoms with E-state index in [1.54, 1.807) is 12.1 Å². The minimum absolute atomic E-state index is 0.0202. The second kappa shape index (κ2) is 9.95. The fourth-order valence-corrected chi connectivity index (χ4v) is 4.80. The van der Waals surface area contributed by atoms with Crippen LogP contribution in [0.5, 0.6) is 0 Å². The van der Waals surface area contributed by atoms with E-state index < -0.39 is 5.97 Å². The molecule has 5 heteroatoms. The van der Waals surface area contributed by atoms with Gasteiger partial charge in [-0.1, -0.05) is 45.0 Å².